The number of benzene rings is 1. The third kappa shape index (κ3) is 2.50. The topological polar surface area (TPSA) is 28.2 Å². The van der Waals surface area contributed by atoms with Gasteiger partial charge in [0.15, 0.2) is 0 Å². The van der Waals surface area contributed by atoms with Crippen LogP contribution in [0, 0.1) is 0 Å². The second kappa shape index (κ2) is 5.80. The summed E-state index contributed by atoms with van der Waals surface area (Å²) in [5.74, 6) is 0. The summed E-state index contributed by atoms with van der Waals surface area (Å²) in [5, 5.41) is 4.81. The predicted molar refractivity (Wildman–Crippen MR) is 85.2 cm³/mol. The molecule has 2 aromatic rings. The predicted octanol–water partition coefficient (Wildman–Crippen LogP) is 3.43. The van der Waals surface area contributed by atoms with E-state index in [1.807, 2.05) is 6.20 Å². The lowest BCUT2D eigenvalue weighted by Gasteiger charge is -2.21. The van der Waals surface area contributed by atoms with Crippen LogP contribution in [-0.4, -0.2) is 29.5 Å². The Balaban J connectivity index is 1.96. The normalized spacial score (nSPS) is 14.3. The Morgan fingerprint density at radius 2 is 2.10 bits per heavy atom. The van der Waals surface area contributed by atoms with Crippen LogP contribution in [-0.2, 0) is 13.0 Å². The lowest BCUT2D eigenvalue weighted by Crippen LogP contribution is -2.22. The number of aryl methyl sites for hydroxylation is 1. The fraction of sp³-hybridized carbons (Fsp3) is 0.471. The van der Waals surface area contributed by atoms with Gasteiger partial charge in [-0.25, -0.2) is 0 Å². The molecule has 0 saturated carbocycles. The van der Waals surface area contributed by atoms with E-state index >= 15 is 0 Å². The molecular weight excluding hydrogens is 246 g/mol. The van der Waals surface area contributed by atoms with Gasteiger partial charge in [-0.15, -0.1) is 0 Å². The maximum absolute atomic E-state index is 4.66. The van der Waals surface area contributed by atoms with E-state index < -0.39 is 0 Å². The van der Waals surface area contributed by atoms with Crippen molar-refractivity contribution in [3.05, 3.63) is 35.5 Å². The van der Waals surface area contributed by atoms with Crippen LogP contribution in [0.25, 0.3) is 10.9 Å². The van der Waals surface area contributed by atoms with Gasteiger partial charge in [0.2, 0.25) is 0 Å². The number of nitrogens with one attached hydrogen (secondary N) is 1. The van der Waals surface area contributed by atoms with Crippen LogP contribution < -0.4 is 5.32 Å². The Labute approximate surface area is 121 Å². The quantitative estimate of drug-likeness (QED) is 0.921. The first-order chi connectivity index (χ1) is 9.81. The second-order valence-electron chi connectivity index (χ2n) is 5.50. The summed E-state index contributed by atoms with van der Waals surface area (Å²) in [6.45, 7) is 8.69. The molecular formula is C17H23N3. The third-order valence-corrected chi connectivity index (χ3v) is 4.24. The minimum Gasteiger partial charge on any atom is -0.384 e. The molecule has 20 heavy (non-hydrogen) atoms. The van der Waals surface area contributed by atoms with Gasteiger partial charge >= 0.3 is 0 Å². The maximum atomic E-state index is 4.66. The van der Waals surface area contributed by atoms with Crippen LogP contribution in [0.4, 0.5) is 5.69 Å². The zero-order valence-electron chi connectivity index (χ0n) is 12.4. The first-order valence-corrected chi connectivity index (χ1v) is 7.68. The smallest absolute Gasteiger partial charge is 0.0726 e. The molecule has 0 saturated heterocycles. The molecule has 106 valence electrons. The Bertz CT molecular complexity index is 602. The van der Waals surface area contributed by atoms with Crippen LogP contribution >= 0.6 is 0 Å². The van der Waals surface area contributed by atoms with Crippen molar-refractivity contribution < 1.29 is 0 Å². The molecule has 0 spiro atoms. The highest BCUT2D eigenvalue weighted by atomic mass is 15.1. The molecule has 1 N–H and O–H groups in total. The standard InChI is InChI=1S/C17H23N3/c1-3-20(4-2)12-13-7-8-15-16(10-13)19-11-14-6-5-9-18-17(14)15/h7-8,10-11,18H,3-6,9,12H2,1-2H3. The number of nitrogens with zero attached hydrogens (tertiary/aromatic N) is 2. The van der Waals surface area contributed by atoms with Gasteiger partial charge in [0, 0.05) is 30.4 Å². The van der Waals surface area contributed by atoms with E-state index in [0.717, 1.165) is 38.1 Å². The van der Waals surface area contributed by atoms with Crippen LogP contribution in [0.3, 0.4) is 0 Å². The van der Waals surface area contributed by atoms with Crippen molar-refractivity contribution in [3.8, 4) is 0 Å². The summed E-state index contributed by atoms with van der Waals surface area (Å²) in [5.41, 5.74) is 5.13. The SMILES string of the molecule is CCN(CC)Cc1ccc2c3c(cnc2c1)CCCN3. The molecule has 3 heteroatoms. The highest BCUT2D eigenvalue weighted by Gasteiger charge is 2.13. The van der Waals surface area contributed by atoms with Gasteiger partial charge in [-0.05, 0) is 43.1 Å². The number of aromatic nitrogens is 1. The number of fused-ring (bicyclic) bond motifs is 3. The van der Waals surface area contributed by atoms with Crippen molar-refractivity contribution in [1.82, 2.24) is 9.88 Å². The molecule has 1 aliphatic rings. The van der Waals surface area contributed by atoms with E-state index in [0.29, 0.717) is 0 Å². The molecule has 1 aromatic heterocycles. The van der Waals surface area contributed by atoms with Crippen molar-refractivity contribution in [2.45, 2.75) is 33.2 Å². The molecule has 0 unspecified atom stereocenters. The molecule has 0 aliphatic carbocycles. The Morgan fingerprint density at radius 3 is 2.90 bits per heavy atom. The summed E-state index contributed by atoms with van der Waals surface area (Å²) < 4.78 is 0. The van der Waals surface area contributed by atoms with E-state index in [1.54, 1.807) is 0 Å². The second-order valence-corrected chi connectivity index (χ2v) is 5.50. The van der Waals surface area contributed by atoms with Crippen molar-refractivity contribution in [3.63, 3.8) is 0 Å². The third-order valence-electron chi connectivity index (χ3n) is 4.24. The van der Waals surface area contributed by atoms with Gasteiger partial charge in [-0.3, -0.25) is 9.88 Å². The number of anilines is 1. The number of pyridine rings is 1. The monoisotopic (exact) mass is 269 g/mol. The Kier molecular flexibility index (Phi) is 3.88. The summed E-state index contributed by atoms with van der Waals surface area (Å²) in [6, 6.07) is 6.72. The molecule has 0 fully saturated rings. The van der Waals surface area contributed by atoms with Crippen molar-refractivity contribution in [2.75, 3.05) is 25.0 Å². The summed E-state index contributed by atoms with van der Waals surface area (Å²) in [7, 11) is 0. The molecule has 0 bridgehead atoms. The van der Waals surface area contributed by atoms with Crippen molar-refractivity contribution in [1.29, 1.82) is 0 Å². The van der Waals surface area contributed by atoms with Gasteiger partial charge in [0.05, 0.1) is 5.52 Å². The average Bonchev–Trinajstić information content (AvgIpc) is 2.52. The average molecular weight is 269 g/mol. The van der Waals surface area contributed by atoms with Crippen LogP contribution in [0.5, 0.6) is 0 Å². The molecule has 2 heterocycles. The lowest BCUT2D eigenvalue weighted by atomic mass is 10.0. The highest BCUT2D eigenvalue weighted by Crippen LogP contribution is 2.30. The molecule has 3 nitrogen and oxygen atoms in total. The molecule has 1 aromatic carbocycles. The Hall–Kier alpha value is -1.61. The van der Waals surface area contributed by atoms with Crippen molar-refractivity contribution in [2.24, 2.45) is 0 Å². The molecule has 0 radical (unpaired) electrons. The van der Waals surface area contributed by atoms with Gasteiger partial charge in [-0.1, -0.05) is 26.0 Å². The van der Waals surface area contributed by atoms with E-state index in [1.165, 1.54) is 28.6 Å². The van der Waals surface area contributed by atoms with E-state index in [2.05, 4.69) is 47.2 Å². The Morgan fingerprint density at radius 1 is 1.25 bits per heavy atom. The van der Waals surface area contributed by atoms with E-state index in [4.69, 9.17) is 0 Å². The van der Waals surface area contributed by atoms with E-state index in [9.17, 15) is 0 Å². The molecule has 1 aliphatic heterocycles. The molecule has 0 amide bonds. The lowest BCUT2D eigenvalue weighted by molar-refractivity contribution is 0.296. The van der Waals surface area contributed by atoms with Crippen molar-refractivity contribution >= 4 is 16.6 Å². The van der Waals surface area contributed by atoms with Crippen LogP contribution in [0.15, 0.2) is 24.4 Å². The first kappa shape index (κ1) is 13.4. The van der Waals surface area contributed by atoms with Gasteiger partial charge in [-0.2, -0.15) is 0 Å². The minimum atomic E-state index is 1.01. The number of rotatable bonds is 4. The summed E-state index contributed by atoms with van der Waals surface area (Å²) >= 11 is 0. The van der Waals surface area contributed by atoms with E-state index in [-0.39, 0.29) is 0 Å². The minimum absolute atomic E-state index is 1.01. The molecule has 3 rings (SSSR count). The summed E-state index contributed by atoms with van der Waals surface area (Å²) in [6.07, 6.45) is 4.40. The zero-order chi connectivity index (χ0) is 13.9. The first-order valence-electron chi connectivity index (χ1n) is 7.68. The van der Waals surface area contributed by atoms with Gasteiger partial charge in [0.1, 0.15) is 0 Å². The van der Waals surface area contributed by atoms with Gasteiger partial charge in [0.25, 0.3) is 0 Å². The zero-order valence-corrected chi connectivity index (χ0v) is 12.4. The fourth-order valence-corrected chi connectivity index (χ4v) is 2.97. The van der Waals surface area contributed by atoms with Crippen LogP contribution in [0.1, 0.15) is 31.4 Å². The maximum Gasteiger partial charge on any atom is 0.0726 e. The largest absolute Gasteiger partial charge is 0.384 e. The highest BCUT2D eigenvalue weighted by molar-refractivity contribution is 5.93. The number of hydrogen-bond donors (Lipinski definition) is 1. The fourth-order valence-electron chi connectivity index (χ4n) is 2.97. The molecule has 0 atom stereocenters. The number of hydrogen-bond acceptors (Lipinski definition) is 3. The van der Waals surface area contributed by atoms with Crippen LogP contribution in [0.2, 0.25) is 0 Å². The summed E-state index contributed by atoms with van der Waals surface area (Å²) in [4.78, 5) is 7.08. The van der Waals surface area contributed by atoms with Gasteiger partial charge < -0.3 is 5.32 Å².